The van der Waals surface area contributed by atoms with Crippen molar-refractivity contribution in [3.63, 3.8) is 0 Å². The lowest BCUT2D eigenvalue weighted by atomic mass is 10.1. The average molecular weight is 241 g/mol. The smallest absolute Gasteiger partial charge is 0.0547 e. The predicted octanol–water partition coefficient (Wildman–Crippen LogP) is 3.89. The summed E-state index contributed by atoms with van der Waals surface area (Å²) in [6.07, 6.45) is 12.4. The number of hydrogen-bond acceptors (Lipinski definition) is 2. The Bertz CT molecular complexity index is 168. The predicted molar refractivity (Wildman–Crippen MR) is 74.4 cm³/mol. The molecule has 0 aliphatic heterocycles. The van der Waals surface area contributed by atoms with Gasteiger partial charge in [0.1, 0.15) is 0 Å². The second-order valence-corrected chi connectivity index (χ2v) is 5.47. The van der Waals surface area contributed by atoms with Gasteiger partial charge in [-0.1, -0.05) is 32.6 Å². The van der Waals surface area contributed by atoms with Gasteiger partial charge in [0.15, 0.2) is 0 Å². The van der Waals surface area contributed by atoms with Crippen LogP contribution in [0.2, 0.25) is 0 Å². The van der Waals surface area contributed by atoms with Crippen LogP contribution in [0.3, 0.4) is 0 Å². The largest absolute Gasteiger partial charge is 0.379 e. The summed E-state index contributed by atoms with van der Waals surface area (Å²) in [4.78, 5) is 0. The van der Waals surface area contributed by atoms with Gasteiger partial charge in [0, 0.05) is 12.6 Å². The lowest BCUT2D eigenvalue weighted by molar-refractivity contribution is 0.0560. The molecule has 102 valence electrons. The molecule has 0 aromatic rings. The van der Waals surface area contributed by atoms with Gasteiger partial charge in [0.2, 0.25) is 0 Å². The van der Waals surface area contributed by atoms with Crippen molar-refractivity contribution < 1.29 is 4.74 Å². The van der Waals surface area contributed by atoms with Gasteiger partial charge in [-0.3, -0.25) is 0 Å². The highest BCUT2D eigenvalue weighted by Crippen LogP contribution is 2.18. The van der Waals surface area contributed by atoms with Crippen LogP contribution in [0.25, 0.3) is 0 Å². The summed E-state index contributed by atoms with van der Waals surface area (Å²) in [6.45, 7) is 6.60. The highest BCUT2D eigenvalue weighted by molar-refractivity contribution is 4.80. The molecule has 17 heavy (non-hydrogen) atoms. The van der Waals surface area contributed by atoms with Crippen molar-refractivity contribution in [2.24, 2.45) is 0 Å². The molecule has 0 saturated heterocycles. The fourth-order valence-corrected chi connectivity index (χ4v) is 2.05. The molecule has 0 radical (unpaired) electrons. The normalized spacial score (nSPS) is 17.3. The van der Waals surface area contributed by atoms with Gasteiger partial charge in [0.05, 0.1) is 6.10 Å². The van der Waals surface area contributed by atoms with Crippen LogP contribution in [0.1, 0.15) is 71.6 Å². The standard InChI is InChI=1S/C15H31NO/c1-3-4-5-6-9-14(2)17-13-8-7-12-16-15-10-11-15/h14-16H,3-13H2,1-2H3. The first-order valence-corrected chi connectivity index (χ1v) is 7.68. The van der Waals surface area contributed by atoms with Crippen molar-refractivity contribution in [3.05, 3.63) is 0 Å². The van der Waals surface area contributed by atoms with E-state index in [1.54, 1.807) is 0 Å². The van der Waals surface area contributed by atoms with Gasteiger partial charge < -0.3 is 10.1 Å². The minimum Gasteiger partial charge on any atom is -0.379 e. The van der Waals surface area contributed by atoms with Crippen LogP contribution in [0.5, 0.6) is 0 Å². The molecule has 1 atom stereocenters. The first kappa shape index (κ1) is 15.0. The molecule has 0 spiro atoms. The summed E-state index contributed by atoms with van der Waals surface area (Å²) in [5.41, 5.74) is 0. The van der Waals surface area contributed by atoms with Crippen LogP contribution in [0.15, 0.2) is 0 Å². The van der Waals surface area contributed by atoms with E-state index < -0.39 is 0 Å². The molecule has 1 N–H and O–H groups in total. The van der Waals surface area contributed by atoms with E-state index in [4.69, 9.17) is 4.74 Å². The van der Waals surface area contributed by atoms with Crippen LogP contribution in [-0.4, -0.2) is 25.3 Å². The van der Waals surface area contributed by atoms with Gasteiger partial charge >= 0.3 is 0 Å². The third-order valence-electron chi connectivity index (χ3n) is 3.45. The van der Waals surface area contributed by atoms with Crippen molar-refractivity contribution in [2.45, 2.75) is 83.8 Å². The second kappa shape index (κ2) is 9.90. The maximum atomic E-state index is 5.82. The Labute approximate surface area is 108 Å². The highest BCUT2D eigenvalue weighted by Gasteiger charge is 2.19. The molecule has 0 heterocycles. The maximum Gasteiger partial charge on any atom is 0.0547 e. The van der Waals surface area contributed by atoms with E-state index in [0.717, 1.165) is 12.6 Å². The van der Waals surface area contributed by atoms with E-state index in [2.05, 4.69) is 19.2 Å². The second-order valence-electron chi connectivity index (χ2n) is 5.47. The quantitative estimate of drug-likeness (QED) is 0.523. The number of hydrogen-bond donors (Lipinski definition) is 1. The SMILES string of the molecule is CCCCCCC(C)OCCCCNC1CC1. The maximum absolute atomic E-state index is 5.82. The van der Waals surface area contributed by atoms with E-state index in [1.807, 2.05) is 0 Å². The van der Waals surface area contributed by atoms with E-state index in [9.17, 15) is 0 Å². The van der Waals surface area contributed by atoms with Gasteiger partial charge in [-0.2, -0.15) is 0 Å². The van der Waals surface area contributed by atoms with Crippen LogP contribution < -0.4 is 5.32 Å². The molecular formula is C15H31NO. The van der Waals surface area contributed by atoms with E-state index >= 15 is 0 Å². The van der Waals surface area contributed by atoms with Crippen molar-refractivity contribution in [2.75, 3.05) is 13.2 Å². The Morgan fingerprint density at radius 1 is 1.12 bits per heavy atom. The lowest BCUT2D eigenvalue weighted by Crippen LogP contribution is -2.18. The lowest BCUT2D eigenvalue weighted by Gasteiger charge is -2.12. The molecule has 1 aliphatic rings. The Hall–Kier alpha value is -0.0800. The van der Waals surface area contributed by atoms with Crippen molar-refractivity contribution >= 4 is 0 Å². The van der Waals surface area contributed by atoms with Gasteiger partial charge in [-0.25, -0.2) is 0 Å². The summed E-state index contributed by atoms with van der Waals surface area (Å²) >= 11 is 0. The molecule has 1 saturated carbocycles. The zero-order chi connectivity index (χ0) is 12.3. The van der Waals surface area contributed by atoms with Gasteiger partial charge in [-0.05, 0) is 45.6 Å². The molecule has 0 aromatic carbocycles. The summed E-state index contributed by atoms with van der Waals surface area (Å²) in [5, 5.41) is 3.54. The molecule has 1 aliphatic carbocycles. The molecule has 2 nitrogen and oxygen atoms in total. The minimum absolute atomic E-state index is 0.461. The third-order valence-corrected chi connectivity index (χ3v) is 3.45. The van der Waals surface area contributed by atoms with Crippen LogP contribution in [0, 0.1) is 0 Å². The molecule has 1 rings (SSSR count). The average Bonchev–Trinajstić information content (AvgIpc) is 3.13. The Kier molecular flexibility index (Phi) is 8.72. The van der Waals surface area contributed by atoms with Gasteiger partial charge in [0.25, 0.3) is 0 Å². The molecule has 1 fully saturated rings. The Balaban J connectivity index is 1.74. The molecule has 1 unspecified atom stereocenters. The number of rotatable bonds is 12. The zero-order valence-electron chi connectivity index (χ0n) is 11.8. The fourth-order valence-electron chi connectivity index (χ4n) is 2.05. The Morgan fingerprint density at radius 3 is 2.65 bits per heavy atom. The molecule has 2 heteroatoms. The highest BCUT2D eigenvalue weighted by atomic mass is 16.5. The van der Waals surface area contributed by atoms with E-state index in [-0.39, 0.29) is 0 Å². The fraction of sp³-hybridized carbons (Fsp3) is 1.00. The summed E-state index contributed by atoms with van der Waals surface area (Å²) in [5.74, 6) is 0. The minimum atomic E-state index is 0.461. The monoisotopic (exact) mass is 241 g/mol. The first-order valence-electron chi connectivity index (χ1n) is 7.68. The number of ether oxygens (including phenoxy) is 1. The molecule has 0 amide bonds. The first-order chi connectivity index (χ1) is 8.33. The third kappa shape index (κ3) is 9.61. The number of unbranched alkanes of at least 4 members (excludes halogenated alkanes) is 4. The van der Waals surface area contributed by atoms with Crippen LogP contribution in [0.4, 0.5) is 0 Å². The van der Waals surface area contributed by atoms with Gasteiger partial charge in [-0.15, -0.1) is 0 Å². The summed E-state index contributed by atoms with van der Waals surface area (Å²) in [6, 6.07) is 0.855. The van der Waals surface area contributed by atoms with Crippen molar-refractivity contribution in [1.82, 2.24) is 5.32 Å². The number of nitrogens with one attached hydrogen (secondary N) is 1. The summed E-state index contributed by atoms with van der Waals surface area (Å²) < 4.78 is 5.82. The molecular weight excluding hydrogens is 210 g/mol. The van der Waals surface area contributed by atoms with E-state index in [1.165, 1.54) is 64.3 Å². The van der Waals surface area contributed by atoms with Crippen LogP contribution in [-0.2, 0) is 4.74 Å². The summed E-state index contributed by atoms with van der Waals surface area (Å²) in [7, 11) is 0. The molecule has 0 bridgehead atoms. The molecule has 0 aromatic heterocycles. The van der Waals surface area contributed by atoms with Crippen LogP contribution >= 0.6 is 0 Å². The Morgan fingerprint density at radius 2 is 1.94 bits per heavy atom. The topological polar surface area (TPSA) is 21.3 Å². The van der Waals surface area contributed by atoms with Crippen molar-refractivity contribution in [1.29, 1.82) is 0 Å². The zero-order valence-corrected chi connectivity index (χ0v) is 11.8. The van der Waals surface area contributed by atoms with E-state index in [0.29, 0.717) is 6.10 Å². The van der Waals surface area contributed by atoms with Crippen molar-refractivity contribution in [3.8, 4) is 0 Å².